The van der Waals surface area contributed by atoms with E-state index < -0.39 is 11.2 Å². The third-order valence-electron chi connectivity index (χ3n) is 2.98. The van der Waals surface area contributed by atoms with Crippen molar-refractivity contribution in [2.24, 2.45) is 7.05 Å². The lowest BCUT2D eigenvalue weighted by atomic mass is 9.85. The summed E-state index contributed by atoms with van der Waals surface area (Å²) in [4.78, 5) is 0. The minimum Gasteiger partial charge on any atom is -0.425 e. The second kappa shape index (κ2) is 3.98. The first kappa shape index (κ1) is 12.3. The Morgan fingerprint density at radius 3 is 2.40 bits per heavy atom. The number of aromatic nitrogens is 2. The van der Waals surface area contributed by atoms with Gasteiger partial charge in [-0.15, -0.1) is 0 Å². The second-order valence-corrected chi connectivity index (χ2v) is 4.80. The number of nitrogens with zero attached hydrogens (tertiary/aromatic N) is 2. The van der Waals surface area contributed by atoms with Gasteiger partial charge in [-0.1, -0.05) is 0 Å². The molecule has 1 aromatic heterocycles. The van der Waals surface area contributed by atoms with Crippen molar-refractivity contribution < 1.29 is 9.76 Å². The van der Waals surface area contributed by atoms with E-state index in [0.717, 1.165) is 5.59 Å². The highest BCUT2D eigenvalue weighted by Gasteiger charge is 2.35. The fraction of sp³-hybridized carbons (Fsp3) is 0.700. The zero-order valence-electron chi connectivity index (χ0n) is 10.1. The quantitative estimate of drug-likeness (QED) is 0.709. The summed E-state index contributed by atoms with van der Waals surface area (Å²) in [5, 5.41) is 13.9. The van der Waals surface area contributed by atoms with Crippen molar-refractivity contribution in [1.82, 2.24) is 9.78 Å². The van der Waals surface area contributed by atoms with Crippen molar-refractivity contribution in [2.75, 3.05) is 0 Å². The van der Waals surface area contributed by atoms with E-state index in [2.05, 4.69) is 5.10 Å². The maximum absolute atomic E-state index is 9.90. The summed E-state index contributed by atoms with van der Waals surface area (Å²) >= 11 is 0. The summed E-state index contributed by atoms with van der Waals surface area (Å²) in [6.07, 6.45) is 1.73. The van der Waals surface area contributed by atoms with Crippen LogP contribution in [0.25, 0.3) is 0 Å². The van der Waals surface area contributed by atoms with Crippen LogP contribution in [0.3, 0.4) is 0 Å². The van der Waals surface area contributed by atoms with Gasteiger partial charge in [0.05, 0.1) is 11.2 Å². The van der Waals surface area contributed by atoms with Gasteiger partial charge in [0.2, 0.25) is 0 Å². The largest absolute Gasteiger partial charge is 0.425 e. The zero-order valence-corrected chi connectivity index (χ0v) is 10.1. The Balaban J connectivity index is 2.61. The third kappa shape index (κ3) is 2.82. The molecule has 4 nitrogen and oxygen atoms in total. The van der Waals surface area contributed by atoms with Gasteiger partial charge in [-0.25, -0.2) is 0 Å². The molecular weight excluding hydrogens is 191 g/mol. The van der Waals surface area contributed by atoms with Gasteiger partial charge >= 0.3 is 7.48 Å². The lowest BCUT2D eigenvalue weighted by Crippen LogP contribution is -2.49. The minimum atomic E-state index is -0.869. The summed E-state index contributed by atoms with van der Waals surface area (Å²) in [7, 11) is 2.32. The predicted molar refractivity (Wildman–Crippen MR) is 61.5 cm³/mol. The average molecular weight is 210 g/mol. The SMILES string of the molecule is Cn1nccc1BOC(C)(C)C(C)(C)O. The monoisotopic (exact) mass is 210 g/mol. The van der Waals surface area contributed by atoms with Gasteiger partial charge in [0.25, 0.3) is 0 Å². The summed E-state index contributed by atoms with van der Waals surface area (Å²) < 4.78 is 7.47. The first-order valence-electron chi connectivity index (χ1n) is 5.07. The third-order valence-corrected chi connectivity index (χ3v) is 2.98. The molecular formula is C10H19BN2O2. The van der Waals surface area contributed by atoms with E-state index in [0.29, 0.717) is 7.48 Å². The molecule has 1 aromatic rings. The van der Waals surface area contributed by atoms with Crippen LogP contribution in [0.1, 0.15) is 27.7 Å². The second-order valence-electron chi connectivity index (χ2n) is 4.80. The Bertz CT molecular complexity index is 328. The lowest BCUT2D eigenvalue weighted by molar-refractivity contribution is -0.0894. The number of aryl methyl sites for hydroxylation is 1. The van der Waals surface area contributed by atoms with Crippen molar-refractivity contribution >= 4 is 13.1 Å². The Morgan fingerprint density at radius 2 is 2.00 bits per heavy atom. The van der Waals surface area contributed by atoms with Crippen molar-refractivity contribution in [1.29, 1.82) is 0 Å². The molecule has 0 saturated carbocycles. The molecule has 0 atom stereocenters. The Hall–Kier alpha value is -0.805. The molecule has 1 N–H and O–H groups in total. The molecule has 84 valence electrons. The maximum atomic E-state index is 9.90. The Labute approximate surface area is 91.5 Å². The molecule has 0 bridgehead atoms. The van der Waals surface area contributed by atoms with Crippen LogP contribution in [0.5, 0.6) is 0 Å². The minimum absolute atomic E-state index is 0.452. The van der Waals surface area contributed by atoms with Crippen LogP contribution >= 0.6 is 0 Å². The predicted octanol–water partition coefficient (Wildman–Crippen LogP) is -0.0370. The molecule has 0 radical (unpaired) electrons. The van der Waals surface area contributed by atoms with Gasteiger partial charge in [-0.05, 0) is 33.8 Å². The van der Waals surface area contributed by atoms with Gasteiger partial charge in [0, 0.05) is 18.8 Å². The van der Waals surface area contributed by atoms with E-state index in [1.807, 2.05) is 27.0 Å². The molecule has 1 heterocycles. The maximum Gasteiger partial charge on any atom is 0.328 e. The van der Waals surface area contributed by atoms with Gasteiger partial charge in [0.1, 0.15) is 0 Å². The van der Waals surface area contributed by atoms with Crippen molar-refractivity contribution in [3.05, 3.63) is 12.3 Å². The summed E-state index contributed by atoms with van der Waals surface area (Å²) in [5.41, 5.74) is -0.463. The molecule has 0 fully saturated rings. The van der Waals surface area contributed by atoms with E-state index >= 15 is 0 Å². The molecule has 0 spiro atoms. The fourth-order valence-electron chi connectivity index (χ4n) is 0.974. The van der Waals surface area contributed by atoms with Crippen LogP contribution in [0.4, 0.5) is 0 Å². The molecule has 15 heavy (non-hydrogen) atoms. The van der Waals surface area contributed by atoms with Crippen LogP contribution in [0.2, 0.25) is 0 Å². The molecule has 0 aliphatic carbocycles. The van der Waals surface area contributed by atoms with Crippen LogP contribution in [-0.2, 0) is 11.7 Å². The molecule has 0 saturated heterocycles. The van der Waals surface area contributed by atoms with Crippen molar-refractivity contribution in [3.63, 3.8) is 0 Å². The van der Waals surface area contributed by atoms with Crippen LogP contribution in [-0.4, -0.2) is 33.6 Å². The first-order chi connectivity index (χ1) is 6.74. The smallest absolute Gasteiger partial charge is 0.328 e. The standard InChI is InChI=1S/C10H19BN2O2/c1-9(2,14)10(3,4)15-11-8-6-7-12-13(8)5/h6-7,11,14H,1-5H3. The lowest BCUT2D eigenvalue weighted by Gasteiger charge is -2.37. The molecule has 0 aliphatic rings. The number of aliphatic hydroxyl groups is 1. The molecule has 0 aromatic carbocycles. The van der Waals surface area contributed by atoms with Crippen molar-refractivity contribution in [3.8, 4) is 0 Å². The number of hydrogen-bond donors (Lipinski definition) is 1. The van der Waals surface area contributed by atoms with Gasteiger partial charge in [0.15, 0.2) is 0 Å². The highest BCUT2D eigenvalue weighted by atomic mass is 16.5. The normalized spacial score (nSPS) is 12.9. The van der Waals surface area contributed by atoms with Crippen LogP contribution in [0, 0.1) is 0 Å². The van der Waals surface area contributed by atoms with E-state index in [4.69, 9.17) is 4.65 Å². The van der Waals surface area contributed by atoms with E-state index in [1.165, 1.54) is 0 Å². The molecule has 5 heteroatoms. The molecule has 0 amide bonds. The summed E-state index contributed by atoms with van der Waals surface area (Å²) in [5.74, 6) is 0. The highest BCUT2D eigenvalue weighted by molar-refractivity contribution is 6.45. The molecule has 0 aliphatic heterocycles. The fourth-order valence-corrected chi connectivity index (χ4v) is 0.974. The van der Waals surface area contributed by atoms with E-state index in [1.54, 1.807) is 24.7 Å². The van der Waals surface area contributed by atoms with Gasteiger partial charge < -0.3 is 9.76 Å². The van der Waals surface area contributed by atoms with Gasteiger partial charge in [-0.2, -0.15) is 5.10 Å². The topological polar surface area (TPSA) is 47.3 Å². The Morgan fingerprint density at radius 1 is 1.40 bits per heavy atom. The van der Waals surface area contributed by atoms with Crippen LogP contribution in [0.15, 0.2) is 12.3 Å². The summed E-state index contributed by atoms with van der Waals surface area (Å²) in [6.45, 7) is 7.25. The average Bonchev–Trinajstić information content (AvgIpc) is 2.46. The highest BCUT2D eigenvalue weighted by Crippen LogP contribution is 2.24. The zero-order chi connectivity index (χ0) is 11.7. The summed E-state index contributed by atoms with van der Waals surface area (Å²) in [6, 6.07) is 1.90. The van der Waals surface area contributed by atoms with Crippen LogP contribution < -0.4 is 5.59 Å². The first-order valence-corrected chi connectivity index (χ1v) is 5.07. The Kier molecular flexibility index (Phi) is 3.26. The van der Waals surface area contributed by atoms with Gasteiger partial charge in [-0.3, -0.25) is 4.68 Å². The molecule has 1 rings (SSSR count). The van der Waals surface area contributed by atoms with E-state index in [-0.39, 0.29) is 0 Å². The molecule has 0 unspecified atom stereocenters. The number of hydrogen-bond acceptors (Lipinski definition) is 3. The van der Waals surface area contributed by atoms with E-state index in [9.17, 15) is 5.11 Å². The van der Waals surface area contributed by atoms with Crippen molar-refractivity contribution in [2.45, 2.75) is 38.9 Å². The number of rotatable bonds is 4.